The van der Waals surface area contributed by atoms with Crippen molar-refractivity contribution in [3.63, 3.8) is 0 Å². The number of carbonyl (C=O) groups excluding carboxylic acids is 2. The number of benzene rings is 2. The van der Waals surface area contributed by atoms with E-state index in [1.807, 2.05) is 65.8 Å². The Morgan fingerprint density at radius 2 is 1.21 bits per heavy atom. The molecular formula is C23H28N2O3. The summed E-state index contributed by atoms with van der Waals surface area (Å²) in [5.74, 6) is -0.136. The molecule has 0 saturated heterocycles. The van der Waals surface area contributed by atoms with Crippen LogP contribution in [0.1, 0.15) is 57.5 Å². The summed E-state index contributed by atoms with van der Waals surface area (Å²) in [6.07, 6.45) is 0. The van der Waals surface area contributed by atoms with Gasteiger partial charge < -0.3 is 4.74 Å². The van der Waals surface area contributed by atoms with Crippen LogP contribution in [0.3, 0.4) is 0 Å². The molecule has 0 N–H and O–H groups in total. The quantitative estimate of drug-likeness (QED) is 0.341. The number of carbonyl (C=O) groups is 2. The van der Waals surface area contributed by atoms with Crippen LogP contribution in [-0.2, 0) is 16.1 Å². The van der Waals surface area contributed by atoms with Crippen molar-refractivity contribution in [2.75, 3.05) is 0 Å². The number of ketones is 1. The Hall–Kier alpha value is -2.82. The van der Waals surface area contributed by atoms with Crippen LogP contribution in [0.5, 0.6) is 0 Å². The normalized spacial score (nSPS) is 12.2. The van der Waals surface area contributed by atoms with Gasteiger partial charge in [0, 0.05) is 11.0 Å². The molecule has 0 aliphatic carbocycles. The number of Topliss-reactive ketones (excluding diaryl/α,β-unsaturated/α-hetero) is 1. The van der Waals surface area contributed by atoms with Gasteiger partial charge in [-0.3, -0.25) is 9.59 Å². The Labute approximate surface area is 166 Å². The molecule has 2 aromatic carbocycles. The lowest BCUT2D eigenvalue weighted by atomic mass is 9.86. The van der Waals surface area contributed by atoms with Gasteiger partial charge in [-0.05, 0) is 62.7 Å². The molecule has 0 saturated carbocycles. The van der Waals surface area contributed by atoms with E-state index in [0.717, 1.165) is 5.56 Å². The molecule has 0 unspecified atom stereocenters. The zero-order valence-electron chi connectivity index (χ0n) is 17.4. The van der Waals surface area contributed by atoms with Crippen LogP contribution >= 0.6 is 0 Å². The van der Waals surface area contributed by atoms with Crippen LogP contribution in [0.2, 0.25) is 0 Å². The van der Waals surface area contributed by atoms with Crippen molar-refractivity contribution in [1.29, 1.82) is 0 Å². The van der Waals surface area contributed by atoms with E-state index in [9.17, 15) is 9.59 Å². The topological polar surface area (TPSA) is 68.1 Å². The summed E-state index contributed by atoms with van der Waals surface area (Å²) in [5, 5.41) is 8.41. The van der Waals surface area contributed by atoms with Gasteiger partial charge in [0.25, 0.3) is 0 Å². The second-order valence-electron chi connectivity index (χ2n) is 8.82. The highest BCUT2D eigenvalue weighted by Crippen LogP contribution is 2.24. The van der Waals surface area contributed by atoms with Gasteiger partial charge in [0.05, 0.1) is 16.8 Å². The molecule has 0 bridgehead atoms. The molecule has 148 valence electrons. The van der Waals surface area contributed by atoms with Crippen LogP contribution in [-0.4, -0.2) is 11.8 Å². The summed E-state index contributed by atoms with van der Waals surface area (Å²) in [5.41, 5.74) is 2.00. The zero-order valence-corrected chi connectivity index (χ0v) is 17.4. The maximum absolute atomic E-state index is 12.3. The monoisotopic (exact) mass is 380 g/mol. The van der Waals surface area contributed by atoms with E-state index < -0.39 is 10.8 Å². The fraction of sp³-hybridized carbons (Fsp3) is 0.391. The molecule has 0 atom stereocenters. The molecule has 0 aliphatic rings. The van der Waals surface area contributed by atoms with Crippen LogP contribution in [0, 0.1) is 10.8 Å². The molecule has 0 fully saturated rings. The van der Waals surface area contributed by atoms with Gasteiger partial charge in [-0.2, -0.15) is 10.2 Å². The van der Waals surface area contributed by atoms with Crippen molar-refractivity contribution in [1.82, 2.24) is 0 Å². The van der Waals surface area contributed by atoms with E-state index in [-0.39, 0.29) is 18.4 Å². The lowest BCUT2D eigenvalue weighted by molar-refractivity contribution is -0.154. The van der Waals surface area contributed by atoms with Crippen molar-refractivity contribution in [2.24, 2.45) is 21.1 Å². The van der Waals surface area contributed by atoms with Gasteiger partial charge in [0.15, 0.2) is 5.78 Å². The van der Waals surface area contributed by atoms with E-state index in [0.29, 0.717) is 16.9 Å². The Bertz CT molecular complexity index is 853. The summed E-state index contributed by atoms with van der Waals surface area (Å²) in [6.45, 7) is 11.4. The van der Waals surface area contributed by atoms with Gasteiger partial charge in [-0.1, -0.05) is 32.9 Å². The molecule has 0 radical (unpaired) electrons. The van der Waals surface area contributed by atoms with Crippen LogP contribution in [0.4, 0.5) is 11.4 Å². The summed E-state index contributed by atoms with van der Waals surface area (Å²) < 4.78 is 5.30. The van der Waals surface area contributed by atoms with Crippen molar-refractivity contribution < 1.29 is 14.3 Å². The predicted octanol–water partition coefficient (Wildman–Crippen LogP) is 6.42. The summed E-state index contributed by atoms with van der Waals surface area (Å²) in [7, 11) is 0. The average molecular weight is 380 g/mol. The molecule has 0 aliphatic heterocycles. The Balaban J connectivity index is 1.97. The van der Waals surface area contributed by atoms with Crippen molar-refractivity contribution in [2.45, 2.75) is 48.1 Å². The maximum Gasteiger partial charge on any atom is 0.311 e. The SMILES string of the molecule is CC(C)(C)C(=O)OCc1ccc(/N=N/c2ccc(C(=O)C(C)(C)C)cc2)cc1. The Morgan fingerprint density at radius 1 is 0.750 bits per heavy atom. The number of nitrogens with zero attached hydrogens (tertiary/aromatic N) is 2. The summed E-state index contributed by atoms with van der Waals surface area (Å²) in [6, 6.07) is 14.5. The van der Waals surface area contributed by atoms with Crippen LogP contribution < -0.4 is 0 Å². The standard InChI is InChI=1S/C23H28N2O3/c1-22(2,3)20(26)17-9-13-19(14-10-17)25-24-18-11-7-16(8-12-18)15-28-21(27)23(4,5)6/h7-14H,15H2,1-6H3/b25-24+. The molecule has 5 nitrogen and oxygen atoms in total. The number of rotatable bonds is 5. The van der Waals surface area contributed by atoms with E-state index in [1.165, 1.54) is 0 Å². The third-order valence-corrected chi connectivity index (χ3v) is 4.01. The molecule has 5 heteroatoms. The van der Waals surface area contributed by atoms with Gasteiger partial charge in [0.1, 0.15) is 6.61 Å². The van der Waals surface area contributed by atoms with E-state index in [1.54, 1.807) is 24.3 Å². The molecule has 0 amide bonds. The molecule has 0 aromatic heterocycles. The first-order valence-corrected chi connectivity index (χ1v) is 9.29. The molecule has 0 spiro atoms. The minimum absolute atomic E-state index is 0.0961. The lowest BCUT2D eigenvalue weighted by Crippen LogP contribution is -2.22. The minimum Gasteiger partial charge on any atom is -0.460 e. The fourth-order valence-electron chi connectivity index (χ4n) is 2.25. The highest BCUT2D eigenvalue weighted by atomic mass is 16.5. The number of esters is 1. The molecule has 2 rings (SSSR count). The van der Waals surface area contributed by atoms with Gasteiger partial charge in [-0.15, -0.1) is 0 Å². The zero-order chi connectivity index (χ0) is 20.9. The third kappa shape index (κ3) is 6.12. The number of hydrogen-bond donors (Lipinski definition) is 0. The van der Waals surface area contributed by atoms with E-state index >= 15 is 0 Å². The molecule has 0 heterocycles. The highest BCUT2D eigenvalue weighted by Gasteiger charge is 2.23. The van der Waals surface area contributed by atoms with Gasteiger partial charge >= 0.3 is 5.97 Å². The van der Waals surface area contributed by atoms with Gasteiger partial charge in [0.2, 0.25) is 0 Å². The van der Waals surface area contributed by atoms with E-state index in [4.69, 9.17) is 4.74 Å². The number of ether oxygens (including phenoxy) is 1. The average Bonchev–Trinajstić information content (AvgIpc) is 2.63. The second-order valence-corrected chi connectivity index (χ2v) is 8.82. The predicted molar refractivity (Wildman–Crippen MR) is 110 cm³/mol. The minimum atomic E-state index is -0.513. The van der Waals surface area contributed by atoms with Crippen molar-refractivity contribution >= 4 is 23.1 Å². The highest BCUT2D eigenvalue weighted by molar-refractivity contribution is 5.99. The van der Waals surface area contributed by atoms with Crippen LogP contribution in [0.15, 0.2) is 58.8 Å². The first kappa shape index (κ1) is 21.5. The molecular weight excluding hydrogens is 352 g/mol. The fourth-order valence-corrected chi connectivity index (χ4v) is 2.25. The van der Waals surface area contributed by atoms with Crippen molar-refractivity contribution in [3.05, 3.63) is 59.7 Å². The molecule has 28 heavy (non-hydrogen) atoms. The summed E-state index contributed by atoms with van der Waals surface area (Å²) >= 11 is 0. The van der Waals surface area contributed by atoms with E-state index in [2.05, 4.69) is 10.2 Å². The maximum atomic E-state index is 12.3. The van der Waals surface area contributed by atoms with Crippen LogP contribution in [0.25, 0.3) is 0 Å². The Morgan fingerprint density at radius 3 is 1.64 bits per heavy atom. The first-order valence-electron chi connectivity index (χ1n) is 9.29. The summed E-state index contributed by atoms with van der Waals surface area (Å²) in [4.78, 5) is 24.1. The smallest absolute Gasteiger partial charge is 0.311 e. The number of hydrogen-bond acceptors (Lipinski definition) is 5. The van der Waals surface area contributed by atoms with Crippen molar-refractivity contribution in [3.8, 4) is 0 Å². The van der Waals surface area contributed by atoms with Gasteiger partial charge in [-0.25, -0.2) is 0 Å². The second kappa shape index (κ2) is 8.46. The third-order valence-electron chi connectivity index (χ3n) is 4.01. The molecule has 2 aromatic rings. The number of azo groups is 1. The Kier molecular flexibility index (Phi) is 6.49. The first-order chi connectivity index (χ1) is 13.0. The lowest BCUT2D eigenvalue weighted by Gasteiger charge is -2.16. The largest absolute Gasteiger partial charge is 0.460 e.